The summed E-state index contributed by atoms with van der Waals surface area (Å²) >= 11 is 5.96. The van der Waals surface area contributed by atoms with Crippen molar-refractivity contribution in [1.82, 2.24) is 15.2 Å². The summed E-state index contributed by atoms with van der Waals surface area (Å²) in [4.78, 5) is 17.4. The molecule has 2 heterocycles. The molecule has 0 unspecified atom stereocenters. The van der Waals surface area contributed by atoms with Gasteiger partial charge in [-0.15, -0.1) is 0 Å². The van der Waals surface area contributed by atoms with Crippen LogP contribution in [0.5, 0.6) is 0 Å². The number of hydrogen-bond acceptors (Lipinski definition) is 3. The number of benzene rings is 1. The highest BCUT2D eigenvalue weighted by Crippen LogP contribution is 2.31. The molecule has 1 amide bonds. The summed E-state index contributed by atoms with van der Waals surface area (Å²) in [6, 6.07) is 12.2. The third kappa shape index (κ3) is 8.12. The fourth-order valence-corrected chi connectivity index (χ4v) is 4.60. The lowest BCUT2D eigenvalue weighted by Crippen LogP contribution is -2.36. The van der Waals surface area contributed by atoms with Gasteiger partial charge in [-0.2, -0.15) is 0 Å². The normalized spacial score (nSPS) is 18.0. The van der Waals surface area contributed by atoms with E-state index in [0.29, 0.717) is 0 Å². The molecule has 1 saturated carbocycles. The number of likely N-dealkylation sites (tertiary alicyclic amines) is 1. The van der Waals surface area contributed by atoms with Gasteiger partial charge in [-0.05, 0) is 86.0 Å². The number of rotatable bonds is 5. The first kappa shape index (κ1) is 23.5. The molecule has 0 spiro atoms. The highest BCUT2D eigenvalue weighted by molar-refractivity contribution is 6.30. The number of carbonyl (C=O) groups excluding carboxylic acids is 1. The standard InChI is InChI=1S/C17H24ClN.C9H10N2O/c18-17-7-5-15(6-8-17)16-9-11-19(12-10-16)13-14-3-1-2-4-14;1-10-9(12)5-4-8-3-2-6-11-7-8/h5-8,14,16H,1-4,9-13H2;2-7H,1H3,(H,10,12)/b;5-4+. The van der Waals surface area contributed by atoms with E-state index in [9.17, 15) is 4.79 Å². The van der Waals surface area contributed by atoms with Gasteiger partial charge < -0.3 is 10.2 Å². The Morgan fingerprint density at radius 1 is 1.13 bits per heavy atom. The van der Waals surface area contributed by atoms with Crippen LogP contribution in [0.2, 0.25) is 5.02 Å². The number of nitrogens with zero attached hydrogens (tertiary/aromatic N) is 2. The molecule has 2 fully saturated rings. The van der Waals surface area contributed by atoms with E-state index < -0.39 is 0 Å². The number of likely N-dealkylation sites (N-methyl/N-ethyl adjacent to an activating group) is 1. The number of piperidine rings is 1. The Balaban J connectivity index is 0.000000196. The van der Waals surface area contributed by atoms with Crippen LogP contribution in [0.4, 0.5) is 0 Å². The minimum absolute atomic E-state index is 0.112. The van der Waals surface area contributed by atoms with E-state index in [2.05, 4.69) is 27.3 Å². The zero-order valence-corrected chi connectivity index (χ0v) is 19.2. The van der Waals surface area contributed by atoms with Crippen molar-refractivity contribution >= 4 is 23.6 Å². The van der Waals surface area contributed by atoms with E-state index >= 15 is 0 Å². The topological polar surface area (TPSA) is 45.2 Å². The second kappa shape index (κ2) is 12.6. The summed E-state index contributed by atoms with van der Waals surface area (Å²) < 4.78 is 0. The average Bonchev–Trinajstić information content (AvgIpc) is 3.33. The molecule has 1 aromatic heterocycles. The fraction of sp³-hybridized carbons (Fsp3) is 0.462. The molecule has 2 aliphatic rings. The number of halogens is 1. The molecule has 166 valence electrons. The maximum atomic E-state index is 10.8. The molecule has 1 aromatic carbocycles. The first-order valence-corrected chi connectivity index (χ1v) is 11.8. The Morgan fingerprint density at radius 2 is 1.84 bits per heavy atom. The summed E-state index contributed by atoms with van der Waals surface area (Å²) in [6.07, 6.45) is 15.1. The Kier molecular flexibility index (Phi) is 9.57. The van der Waals surface area contributed by atoms with Gasteiger partial charge in [-0.25, -0.2) is 0 Å². The monoisotopic (exact) mass is 439 g/mol. The van der Waals surface area contributed by atoms with Crippen LogP contribution in [0.3, 0.4) is 0 Å². The lowest BCUT2D eigenvalue weighted by Gasteiger charge is -2.33. The Hall–Kier alpha value is -2.17. The molecule has 1 aliphatic heterocycles. The van der Waals surface area contributed by atoms with Crippen LogP contribution in [0.15, 0.2) is 54.9 Å². The van der Waals surface area contributed by atoms with Gasteiger partial charge in [-0.3, -0.25) is 9.78 Å². The molecule has 0 atom stereocenters. The SMILES string of the molecule is CNC(=O)/C=C/c1cccnc1.Clc1ccc(C2CCN(CC3CCCC3)CC2)cc1. The Bertz CT molecular complexity index is 808. The van der Waals surface area contributed by atoms with Gasteiger partial charge in [-0.1, -0.05) is 42.6 Å². The second-order valence-corrected chi connectivity index (χ2v) is 8.95. The van der Waals surface area contributed by atoms with Crippen molar-refractivity contribution in [1.29, 1.82) is 0 Å². The summed E-state index contributed by atoms with van der Waals surface area (Å²) in [5.41, 5.74) is 2.39. The zero-order chi connectivity index (χ0) is 21.9. The van der Waals surface area contributed by atoms with E-state index in [1.54, 1.807) is 25.5 Å². The van der Waals surface area contributed by atoms with Gasteiger partial charge >= 0.3 is 0 Å². The molecule has 4 rings (SSSR count). The lowest BCUT2D eigenvalue weighted by molar-refractivity contribution is -0.115. The summed E-state index contributed by atoms with van der Waals surface area (Å²) in [6.45, 7) is 3.92. The van der Waals surface area contributed by atoms with Gasteiger partial charge in [0.05, 0.1) is 0 Å². The smallest absolute Gasteiger partial charge is 0.243 e. The second-order valence-electron chi connectivity index (χ2n) is 8.51. The number of nitrogens with one attached hydrogen (secondary N) is 1. The van der Waals surface area contributed by atoms with Crippen LogP contribution >= 0.6 is 11.6 Å². The quantitative estimate of drug-likeness (QED) is 0.621. The average molecular weight is 440 g/mol. The molecule has 4 nitrogen and oxygen atoms in total. The highest BCUT2D eigenvalue weighted by Gasteiger charge is 2.24. The lowest BCUT2D eigenvalue weighted by atomic mass is 9.89. The van der Waals surface area contributed by atoms with Crippen LogP contribution in [0, 0.1) is 5.92 Å². The number of pyridine rings is 1. The molecule has 5 heteroatoms. The van der Waals surface area contributed by atoms with Crippen LogP contribution in [0.25, 0.3) is 6.08 Å². The van der Waals surface area contributed by atoms with Crippen molar-refractivity contribution in [3.63, 3.8) is 0 Å². The van der Waals surface area contributed by atoms with E-state index in [1.807, 2.05) is 24.3 Å². The third-order valence-electron chi connectivity index (χ3n) is 6.28. The van der Waals surface area contributed by atoms with Crippen molar-refractivity contribution < 1.29 is 4.79 Å². The summed E-state index contributed by atoms with van der Waals surface area (Å²) in [5, 5.41) is 3.34. The highest BCUT2D eigenvalue weighted by atomic mass is 35.5. The van der Waals surface area contributed by atoms with Crippen molar-refractivity contribution in [2.75, 3.05) is 26.7 Å². The number of aromatic nitrogens is 1. The molecular weight excluding hydrogens is 406 g/mol. The van der Waals surface area contributed by atoms with E-state index in [4.69, 9.17) is 11.6 Å². The minimum Gasteiger partial charge on any atom is -0.356 e. The van der Waals surface area contributed by atoms with Crippen molar-refractivity contribution in [3.8, 4) is 0 Å². The Morgan fingerprint density at radius 3 is 2.45 bits per heavy atom. The molecule has 31 heavy (non-hydrogen) atoms. The van der Waals surface area contributed by atoms with Crippen molar-refractivity contribution in [2.45, 2.75) is 44.4 Å². The number of hydrogen-bond donors (Lipinski definition) is 1. The van der Waals surface area contributed by atoms with Crippen molar-refractivity contribution in [3.05, 3.63) is 71.0 Å². The fourth-order valence-electron chi connectivity index (χ4n) is 4.47. The van der Waals surface area contributed by atoms with Crippen LogP contribution < -0.4 is 5.32 Å². The molecule has 1 aliphatic carbocycles. The first-order valence-electron chi connectivity index (χ1n) is 11.4. The van der Waals surface area contributed by atoms with Gasteiger partial charge in [0.15, 0.2) is 0 Å². The summed E-state index contributed by atoms with van der Waals surface area (Å²) in [5.74, 6) is 1.63. The predicted octanol–water partition coefficient (Wildman–Crippen LogP) is 5.55. The van der Waals surface area contributed by atoms with Crippen molar-refractivity contribution in [2.24, 2.45) is 5.92 Å². The third-order valence-corrected chi connectivity index (χ3v) is 6.53. The van der Waals surface area contributed by atoms with Gasteiger partial charge in [0.25, 0.3) is 0 Å². The Labute approximate surface area is 191 Å². The van der Waals surface area contributed by atoms with Crippen LogP contribution in [-0.4, -0.2) is 42.5 Å². The molecule has 2 aromatic rings. The van der Waals surface area contributed by atoms with Crippen LogP contribution in [-0.2, 0) is 4.79 Å². The molecular formula is C26H34ClN3O. The van der Waals surface area contributed by atoms with Crippen LogP contribution in [0.1, 0.15) is 55.6 Å². The largest absolute Gasteiger partial charge is 0.356 e. The number of amides is 1. The molecule has 1 N–H and O–H groups in total. The minimum atomic E-state index is -0.112. The van der Waals surface area contributed by atoms with Gasteiger partial charge in [0.1, 0.15) is 0 Å². The summed E-state index contributed by atoms with van der Waals surface area (Å²) in [7, 11) is 1.59. The molecule has 0 radical (unpaired) electrons. The van der Waals surface area contributed by atoms with Gasteiger partial charge in [0, 0.05) is 37.1 Å². The predicted molar refractivity (Wildman–Crippen MR) is 129 cm³/mol. The van der Waals surface area contributed by atoms with E-state index in [-0.39, 0.29) is 5.91 Å². The molecule has 1 saturated heterocycles. The van der Waals surface area contributed by atoms with Gasteiger partial charge in [0.2, 0.25) is 5.91 Å². The zero-order valence-electron chi connectivity index (χ0n) is 18.5. The number of carbonyl (C=O) groups is 1. The maximum Gasteiger partial charge on any atom is 0.243 e. The van der Waals surface area contributed by atoms with E-state index in [0.717, 1.165) is 22.4 Å². The van der Waals surface area contributed by atoms with E-state index in [1.165, 1.54) is 69.8 Å². The first-order chi connectivity index (χ1) is 15.1. The maximum absolute atomic E-state index is 10.8. The molecule has 0 bridgehead atoms.